The molecule has 0 aliphatic carbocycles. The summed E-state index contributed by atoms with van der Waals surface area (Å²) in [4.78, 5) is 16.4. The van der Waals surface area contributed by atoms with E-state index in [0.717, 1.165) is 13.1 Å². The van der Waals surface area contributed by atoms with Crippen LogP contribution in [-0.4, -0.2) is 61.0 Å². The van der Waals surface area contributed by atoms with Gasteiger partial charge in [-0.05, 0) is 53.8 Å². The van der Waals surface area contributed by atoms with Gasteiger partial charge in [0.1, 0.15) is 0 Å². The van der Waals surface area contributed by atoms with E-state index in [4.69, 9.17) is 0 Å². The number of carbonyl (C=O) groups is 1. The SMILES string of the molecule is CN(CCN1CCCCC1)CC(=O)NC(C)(C)C. The molecule has 4 heteroatoms. The van der Waals surface area contributed by atoms with Crippen LogP contribution < -0.4 is 5.32 Å². The molecular formula is C14H29N3O. The number of likely N-dealkylation sites (N-methyl/N-ethyl adjacent to an activating group) is 1. The van der Waals surface area contributed by atoms with Gasteiger partial charge in [0.25, 0.3) is 0 Å². The first-order valence-corrected chi connectivity index (χ1v) is 7.09. The molecule has 0 atom stereocenters. The van der Waals surface area contributed by atoms with E-state index in [2.05, 4.69) is 15.1 Å². The van der Waals surface area contributed by atoms with Crippen molar-refractivity contribution in [1.82, 2.24) is 15.1 Å². The van der Waals surface area contributed by atoms with Crippen LogP contribution >= 0.6 is 0 Å². The maximum absolute atomic E-state index is 11.8. The first-order chi connectivity index (χ1) is 8.37. The van der Waals surface area contributed by atoms with Crippen LogP contribution in [0.3, 0.4) is 0 Å². The lowest BCUT2D eigenvalue weighted by molar-refractivity contribution is -0.123. The Balaban J connectivity index is 2.16. The first-order valence-electron chi connectivity index (χ1n) is 7.09. The van der Waals surface area contributed by atoms with E-state index in [1.54, 1.807) is 0 Å². The van der Waals surface area contributed by atoms with Gasteiger partial charge in [-0.3, -0.25) is 9.69 Å². The monoisotopic (exact) mass is 255 g/mol. The lowest BCUT2D eigenvalue weighted by Crippen LogP contribution is -2.46. The molecule has 0 aromatic rings. The van der Waals surface area contributed by atoms with Crippen LogP contribution in [0.25, 0.3) is 0 Å². The van der Waals surface area contributed by atoms with E-state index >= 15 is 0 Å². The number of hydrogen-bond donors (Lipinski definition) is 1. The van der Waals surface area contributed by atoms with Gasteiger partial charge in [0.05, 0.1) is 6.54 Å². The molecule has 1 heterocycles. The Morgan fingerprint density at radius 1 is 1.22 bits per heavy atom. The molecule has 0 spiro atoms. The molecular weight excluding hydrogens is 226 g/mol. The number of rotatable bonds is 5. The van der Waals surface area contributed by atoms with Gasteiger partial charge in [0, 0.05) is 18.6 Å². The molecule has 1 N–H and O–H groups in total. The van der Waals surface area contributed by atoms with Crippen LogP contribution in [0.4, 0.5) is 0 Å². The van der Waals surface area contributed by atoms with Gasteiger partial charge in [0.2, 0.25) is 5.91 Å². The Morgan fingerprint density at radius 3 is 2.39 bits per heavy atom. The lowest BCUT2D eigenvalue weighted by atomic mass is 10.1. The van der Waals surface area contributed by atoms with Gasteiger partial charge in [-0.2, -0.15) is 0 Å². The Bertz CT molecular complexity index is 254. The van der Waals surface area contributed by atoms with Gasteiger partial charge >= 0.3 is 0 Å². The standard InChI is InChI=1S/C14H29N3O/c1-14(2,3)15-13(18)12-16(4)10-11-17-8-6-5-7-9-17/h5-12H2,1-4H3,(H,15,18). The second kappa shape index (κ2) is 7.10. The van der Waals surface area contributed by atoms with Crippen LogP contribution in [0, 0.1) is 0 Å². The van der Waals surface area contributed by atoms with Gasteiger partial charge in [-0.25, -0.2) is 0 Å². The highest BCUT2D eigenvalue weighted by atomic mass is 16.2. The summed E-state index contributed by atoms with van der Waals surface area (Å²) >= 11 is 0. The van der Waals surface area contributed by atoms with Crippen molar-refractivity contribution in [2.75, 3.05) is 39.8 Å². The Labute approximate surface area is 112 Å². The van der Waals surface area contributed by atoms with Crippen molar-refractivity contribution in [1.29, 1.82) is 0 Å². The van der Waals surface area contributed by atoms with Crippen molar-refractivity contribution < 1.29 is 4.79 Å². The summed E-state index contributed by atoms with van der Waals surface area (Å²) in [7, 11) is 2.02. The Hall–Kier alpha value is -0.610. The Morgan fingerprint density at radius 2 is 1.83 bits per heavy atom. The van der Waals surface area contributed by atoms with Crippen LogP contribution in [0.2, 0.25) is 0 Å². The number of likely N-dealkylation sites (tertiary alicyclic amines) is 1. The van der Waals surface area contributed by atoms with Gasteiger partial charge in [0.15, 0.2) is 0 Å². The number of piperidine rings is 1. The summed E-state index contributed by atoms with van der Waals surface area (Å²) in [6.07, 6.45) is 4.03. The molecule has 0 aromatic heterocycles. The third-order valence-electron chi connectivity index (χ3n) is 3.17. The zero-order valence-electron chi connectivity index (χ0n) is 12.5. The van der Waals surface area contributed by atoms with E-state index in [0.29, 0.717) is 6.54 Å². The fourth-order valence-electron chi connectivity index (χ4n) is 2.28. The smallest absolute Gasteiger partial charge is 0.234 e. The number of hydrogen-bond acceptors (Lipinski definition) is 3. The minimum absolute atomic E-state index is 0.114. The molecule has 18 heavy (non-hydrogen) atoms. The summed E-state index contributed by atoms with van der Waals surface area (Å²) in [5, 5.41) is 2.99. The second-order valence-electron chi connectivity index (χ2n) is 6.44. The molecule has 1 saturated heterocycles. The first kappa shape index (κ1) is 15.4. The van der Waals surface area contributed by atoms with E-state index in [1.807, 2.05) is 27.8 Å². The highest BCUT2D eigenvalue weighted by Crippen LogP contribution is 2.07. The molecule has 0 saturated carbocycles. The van der Waals surface area contributed by atoms with Crippen LogP contribution in [-0.2, 0) is 4.79 Å². The summed E-state index contributed by atoms with van der Waals surface area (Å²) in [5.41, 5.74) is -0.134. The van der Waals surface area contributed by atoms with Crippen molar-refractivity contribution in [3.05, 3.63) is 0 Å². The predicted octanol–water partition coefficient (Wildman–Crippen LogP) is 1.32. The van der Waals surface area contributed by atoms with Crippen LogP contribution in [0.1, 0.15) is 40.0 Å². The van der Waals surface area contributed by atoms with Crippen molar-refractivity contribution in [2.24, 2.45) is 0 Å². The molecule has 106 valence electrons. The number of carbonyl (C=O) groups excluding carboxylic acids is 1. The third-order valence-corrected chi connectivity index (χ3v) is 3.17. The minimum Gasteiger partial charge on any atom is -0.350 e. The van der Waals surface area contributed by atoms with Gasteiger partial charge < -0.3 is 10.2 Å². The highest BCUT2D eigenvalue weighted by Gasteiger charge is 2.16. The highest BCUT2D eigenvalue weighted by molar-refractivity contribution is 5.78. The molecule has 0 bridgehead atoms. The summed E-state index contributed by atoms with van der Waals surface area (Å²) in [6.45, 7) is 11.0. The van der Waals surface area contributed by atoms with E-state index in [1.165, 1.54) is 32.4 Å². The van der Waals surface area contributed by atoms with Crippen molar-refractivity contribution in [2.45, 2.75) is 45.6 Å². The largest absolute Gasteiger partial charge is 0.350 e. The average Bonchev–Trinajstić information content (AvgIpc) is 2.25. The van der Waals surface area contributed by atoms with Crippen LogP contribution in [0.15, 0.2) is 0 Å². The molecule has 1 rings (SSSR count). The zero-order chi connectivity index (χ0) is 13.6. The maximum atomic E-state index is 11.8. The summed E-state index contributed by atoms with van der Waals surface area (Å²) < 4.78 is 0. The number of nitrogens with zero attached hydrogens (tertiary/aromatic N) is 2. The molecule has 1 amide bonds. The molecule has 1 fully saturated rings. The Kier molecular flexibility index (Phi) is 6.09. The fourth-order valence-corrected chi connectivity index (χ4v) is 2.28. The topological polar surface area (TPSA) is 35.6 Å². The fraction of sp³-hybridized carbons (Fsp3) is 0.929. The number of amides is 1. The van der Waals surface area contributed by atoms with Crippen molar-refractivity contribution in [3.63, 3.8) is 0 Å². The zero-order valence-corrected chi connectivity index (χ0v) is 12.5. The molecule has 1 aliphatic heterocycles. The van der Waals surface area contributed by atoms with E-state index in [9.17, 15) is 4.79 Å². The van der Waals surface area contributed by atoms with Crippen LogP contribution in [0.5, 0.6) is 0 Å². The third kappa shape index (κ3) is 6.97. The van der Waals surface area contributed by atoms with Crippen molar-refractivity contribution >= 4 is 5.91 Å². The molecule has 1 aliphatic rings. The van der Waals surface area contributed by atoms with Crippen molar-refractivity contribution in [3.8, 4) is 0 Å². The predicted molar refractivity (Wildman–Crippen MR) is 75.7 cm³/mol. The van der Waals surface area contributed by atoms with Gasteiger partial charge in [-0.1, -0.05) is 6.42 Å². The van der Waals surface area contributed by atoms with Gasteiger partial charge in [-0.15, -0.1) is 0 Å². The average molecular weight is 255 g/mol. The minimum atomic E-state index is -0.134. The number of nitrogens with one attached hydrogen (secondary N) is 1. The van der Waals surface area contributed by atoms with E-state index < -0.39 is 0 Å². The lowest BCUT2D eigenvalue weighted by Gasteiger charge is -2.29. The molecule has 4 nitrogen and oxygen atoms in total. The summed E-state index contributed by atoms with van der Waals surface area (Å²) in [6, 6.07) is 0. The summed E-state index contributed by atoms with van der Waals surface area (Å²) in [5.74, 6) is 0.114. The van der Waals surface area contributed by atoms with E-state index in [-0.39, 0.29) is 11.4 Å². The quantitative estimate of drug-likeness (QED) is 0.805. The molecule has 0 radical (unpaired) electrons. The maximum Gasteiger partial charge on any atom is 0.234 e. The normalized spacial score (nSPS) is 18.1. The molecule has 0 unspecified atom stereocenters. The second-order valence-corrected chi connectivity index (χ2v) is 6.44. The molecule has 0 aromatic carbocycles.